The monoisotopic (exact) mass is 417 g/mol. The van der Waals surface area contributed by atoms with Gasteiger partial charge in [-0.15, -0.1) is 0 Å². The lowest BCUT2D eigenvalue weighted by Crippen LogP contribution is -2.21. The van der Waals surface area contributed by atoms with Crippen molar-refractivity contribution in [3.05, 3.63) is 82.9 Å². The normalized spacial score (nSPS) is 10.7. The number of nitrogens with one attached hydrogen (secondary N) is 1. The lowest BCUT2D eigenvalue weighted by molar-refractivity contribution is 0.355. The Bertz CT molecular complexity index is 1240. The minimum Gasteiger partial charge on any atom is -0.493 e. The van der Waals surface area contributed by atoms with Crippen molar-refractivity contribution >= 4 is 16.6 Å². The topological polar surface area (TPSA) is 76.7 Å². The first-order chi connectivity index (χ1) is 15.1. The van der Waals surface area contributed by atoms with Crippen molar-refractivity contribution in [3.63, 3.8) is 0 Å². The van der Waals surface area contributed by atoms with Crippen molar-refractivity contribution in [2.75, 3.05) is 26.2 Å². The van der Waals surface area contributed by atoms with Crippen LogP contribution in [0.5, 0.6) is 23.0 Å². The summed E-state index contributed by atoms with van der Waals surface area (Å²) in [5.74, 6) is 3.11. The summed E-state index contributed by atoms with van der Waals surface area (Å²) in [4.78, 5) is 22.0. The van der Waals surface area contributed by atoms with Gasteiger partial charge in [0, 0.05) is 18.8 Å². The second kappa shape index (κ2) is 8.79. The first kappa shape index (κ1) is 20.3. The molecule has 0 amide bonds. The maximum atomic E-state index is 12.6. The molecule has 0 fully saturated rings. The number of methoxy groups -OCH3 is 2. The number of hydrogen-bond donors (Lipinski definition) is 1. The van der Waals surface area contributed by atoms with Crippen LogP contribution in [-0.4, -0.2) is 31.2 Å². The Hall–Kier alpha value is -4.00. The zero-order valence-corrected chi connectivity index (χ0v) is 17.6. The molecule has 4 aromatic rings. The van der Waals surface area contributed by atoms with E-state index in [0.717, 1.165) is 17.2 Å². The van der Waals surface area contributed by atoms with Crippen LogP contribution >= 0.6 is 0 Å². The lowest BCUT2D eigenvalue weighted by Gasteiger charge is -2.19. The minimum absolute atomic E-state index is 0.221. The van der Waals surface area contributed by atoms with Gasteiger partial charge in [-0.05, 0) is 42.5 Å². The molecular weight excluding hydrogens is 394 g/mol. The molecule has 1 heterocycles. The summed E-state index contributed by atoms with van der Waals surface area (Å²) in [7, 11) is 5.02. The molecule has 0 unspecified atom stereocenters. The molecule has 3 aromatic carbocycles. The number of aromatic amines is 1. The fourth-order valence-corrected chi connectivity index (χ4v) is 3.30. The Labute approximate surface area is 179 Å². The maximum Gasteiger partial charge on any atom is 0.258 e. The summed E-state index contributed by atoms with van der Waals surface area (Å²) >= 11 is 0. The Balaban J connectivity index is 1.53. The first-order valence-corrected chi connectivity index (χ1v) is 9.76. The third kappa shape index (κ3) is 4.45. The zero-order chi connectivity index (χ0) is 21.8. The van der Waals surface area contributed by atoms with Gasteiger partial charge in [0.05, 0.1) is 31.7 Å². The number of para-hydroxylation sites is 1. The Morgan fingerprint density at radius 2 is 1.55 bits per heavy atom. The largest absolute Gasteiger partial charge is 0.493 e. The van der Waals surface area contributed by atoms with Gasteiger partial charge in [0.25, 0.3) is 5.56 Å². The number of fused-ring (bicyclic) bond motifs is 1. The Morgan fingerprint density at radius 1 is 0.903 bits per heavy atom. The Morgan fingerprint density at radius 3 is 2.23 bits per heavy atom. The maximum absolute atomic E-state index is 12.6. The summed E-state index contributed by atoms with van der Waals surface area (Å²) in [5, 5.41) is 0.450. The molecule has 158 valence electrons. The SMILES string of the molecule is COc1cc2nc(CN(C)c3ccc(Oc4ccccc4)cc3)[nH]c(=O)c2cc1OC. The van der Waals surface area contributed by atoms with Gasteiger partial charge in [0.1, 0.15) is 17.3 Å². The summed E-state index contributed by atoms with van der Waals surface area (Å²) in [5.41, 5.74) is 1.30. The predicted octanol–water partition coefficient (Wildman–Crippen LogP) is 4.37. The van der Waals surface area contributed by atoms with Crippen molar-refractivity contribution in [3.8, 4) is 23.0 Å². The molecule has 31 heavy (non-hydrogen) atoms. The van der Waals surface area contributed by atoms with E-state index in [1.54, 1.807) is 19.2 Å². The van der Waals surface area contributed by atoms with E-state index < -0.39 is 0 Å². The van der Waals surface area contributed by atoms with E-state index in [-0.39, 0.29) is 5.56 Å². The molecule has 0 aliphatic carbocycles. The number of H-pyrrole nitrogens is 1. The van der Waals surface area contributed by atoms with Gasteiger partial charge >= 0.3 is 0 Å². The van der Waals surface area contributed by atoms with Crippen LogP contribution in [0.15, 0.2) is 71.5 Å². The predicted molar refractivity (Wildman–Crippen MR) is 121 cm³/mol. The van der Waals surface area contributed by atoms with Crippen LogP contribution < -0.4 is 24.7 Å². The van der Waals surface area contributed by atoms with Crippen molar-refractivity contribution in [1.29, 1.82) is 0 Å². The highest BCUT2D eigenvalue weighted by Gasteiger charge is 2.12. The molecule has 0 saturated heterocycles. The summed E-state index contributed by atoms with van der Waals surface area (Å²) in [6, 6.07) is 20.7. The molecule has 1 aromatic heterocycles. The van der Waals surface area contributed by atoms with E-state index in [1.165, 1.54) is 7.11 Å². The van der Waals surface area contributed by atoms with Gasteiger partial charge in [-0.25, -0.2) is 4.98 Å². The van der Waals surface area contributed by atoms with Gasteiger partial charge in [0.2, 0.25) is 0 Å². The number of nitrogens with zero attached hydrogens (tertiary/aromatic N) is 2. The molecule has 0 bridgehead atoms. The molecular formula is C24H23N3O4. The van der Waals surface area contributed by atoms with Crippen LogP contribution in [0.3, 0.4) is 0 Å². The molecule has 0 aliphatic rings. The zero-order valence-electron chi connectivity index (χ0n) is 17.6. The van der Waals surface area contributed by atoms with Crippen molar-refractivity contribution < 1.29 is 14.2 Å². The lowest BCUT2D eigenvalue weighted by atomic mass is 10.2. The highest BCUT2D eigenvalue weighted by atomic mass is 16.5. The van der Waals surface area contributed by atoms with Crippen LogP contribution in [0.2, 0.25) is 0 Å². The van der Waals surface area contributed by atoms with Crippen LogP contribution in [0.4, 0.5) is 5.69 Å². The molecule has 0 saturated carbocycles. The fourth-order valence-electron chi connectivity index (χ4n) is 3.30. The molecule has 0 aliphatic heterocycles. The van der Waals surface area contributed by atoms with E-state index in [2.05, 4.69) is 9.97 Å². The molecule has 0 radical (unpaired) electrons. The van der Waals surface area contributed by atoms with E-state index in [4.69, 9.17) is 14.2 Å². The van der Waals surface area contributed by atoms with E-state index >= 15 is 0 Å². The van der Waals surface area contributed by atoms with E-state index in [0.29, 0.717) is 34.8 Å². The summed E-state index contributed by atoms with van der Waals surface area (Å²) in [6.07, 6.45) is 0. The second-order valence-corrected chi connectivity index (χ2v) is 7.00. The summed E-state index contributed by atoms with van der Waals surface area (Å²) < 4.78 is 16.4. The third-order valence-electron chi connectivity index (χ3n) is 4.90. The number of hydrogen-bond acceptors (Lipinski definition) is 6. The smallest absolute Gasteiger partial charge is 0.258 e. The van der Waals surface area contributed by atoms with E-state index in [1.807, 2.05) is 66.5 Å². The van der Waals surface area contributed by atoms with Gasteiger partial charge in [-0.1, -0.05) is 18.2 Å². The van der Waals surface area contributed by atoms with Crippen molar-refractivity contribution in [2.24, 2.45) is 0 Å². The molecule has 0 atom stereocenters. The standard InChI is InChI=1S/C24H23N3O4/c1-27(16-9-11-18(12-10-16)31-17-7-5-4-6-8-17)15-23-25-20-14-22(30-3)21(29-2)13-19(20)24(28)26-23/h4-14H,15H2,1-3H3,(H,25,26,28). The number of ether oxygens (including phenoxy) is 3. The Kier molecular flexibility index (Phi) is 5.75. The van der Waals surface area contributed by atoms with Crippen LogP contribution in [0.25, 0.3) is 10.9 Å². The van der Waals surface area contributed by atoms with Crippen LogP contribution in [0.1, 0.15) is 5.82 Å². The van der Waals surface area contributed by atoms with E-state index in [9.17, 15) is 4.79 Å². The molecule has 0 spiro atoms. The second-order valence-electron chi connectivity index (χ2n) is 7.00. The molecule has 4 rings (SSSR count). The molecule has 7 nitrogen and oxygen atoms in total. The van der Waals surface area contributed by atoms with Gasteiger partial charge in [0.15, 0.2) is 11.5 Å². The fraction of sp³-hybridized carbons (Fsp3) is 0.167. The minimum atomic E-state index is -0.221. The molecule has 7 heteroatoms. The van der Waals surface area contributed by atoms with Gasteiger partial charge in [-0.2, -0.15) is 0 Å². The number of aromatic nitrogens is 2. The third-order valence-corrected chi connectivity index (χ3v) is 4.90. The number of benzene rings is 3. The van der Waals surface area contributed by atoms with Crippen molar-refractivity contribution in [2.45, 2.75) is 6.54 Å². The quantitative estimate of drug-likeness (QED) is 0.481. The first-order valence-electron chi connectivity index (χ1n) is 9.76. The average molecular weight is 417 g/mol. The van der Waals surface area contributed by atoms with Crippen LogP contribution in [0, 0.1) is 0 Å². The number of anilines is 1. The number of rotatable bonds is 7. The van der Waals surface area contributed by atoms with Crippen molar-refractivity contribution in [1.82, 2.24) is 9.97 Å². The average Bonchev–Trinajstić information content (AvgIpc) is 2.79. The van der Waals surface area contributed by atoms with Gasteiger partial charge < -0.3 is 24.1 Å². The molecule has 1 N–H and O–H groups in total. The summed E-state index contributed by atoms with van der Waals surface area (Å²) in [6.45, 7) is 0.429. The van der Waals surface area contributed by atoms with Crippen LogP contribution in [-0.2, 0) is 6.54 Å². The highest BCUT2D eigenvalue weighted by Crippen LogP contribution is 2.30. The highest BCUT2D eigenvalue weighted by molar-refractivity contribution is 5.81. The van der Waals surface area contributed by atoms with Gasteiger partial charge in [-0.3, -0.25) is 4.79 Å².